The van der Waals surface area contributed by atoms with Gasteiger partial charge in [-0.1, -0.05) is 12.1 Å². The average molecular weight is 711 g/mol. The Morgan fingerprint density at radius 2 is 1.50 bits per heavy atom. The summed E-state index contributed by atoms with van der Waals surface area (Å²) in [5, 5.41) is 93.5. The molecule has 18 nitrogen and oxygen atoms in total. The van der Waals surface area contributed by atoms with Crippen molar-refractivity contribution < 1.29 is 83.5 Å². The van der Waals surface area contributed by atoms with Crippen LogP contribution in [0.25, 0.3) is 22.1 Å². The van der Waals surface area contributed by atoms with Crippen molar-refractivity contribution in [1.82, 2.24) is 0 Å². The third kappa shape index (κ3) is 6.78. The van der Waals surface area contributed by atoms with E-state index in [0.717, 1.165) is 6.07 Å². The first-order valence-corrected chi connectivity index (χ1v) is 15.5. The van der Waals surface area contributed by atoms with Gasteiger partial charge in [-0.25, -0.2) is 0 Å². The van der Waals surface area contributed by atoms with Crippen LogP contribution >= 0.6 is 0 Å². The van der Waals surface area contributed by atoms with Gasteiger partial charge in [-0.3, -0.25) is 4.79 Å². The Bertz CT molecular complexity index is 1700. The van der Waals surface area contributed by atoms with Gasteiger partial charge in [-0.15, -0.1) is 0 Å². The van der Waals surface area contributed by atoms with Crippen molar-refractivity contribution in [3.63, 3.8) is 0 Å². The highest BCUT2D eigenvalue weighted by atomic mass is 16.7. The van der Waals surface area contributed by atoms with Crippen molar-refractivity contribution in [2.45, 2.75) is 66.7 Å². The maximum absolute atomic E-state index is 13.3. The van der Waals surface area contributed by atoms with Gasteiger partial charge in [-0.2, -0.15) is 0 Å². The molecule has 50 heavy (non-hydrogen) atoms. The first-order chi connectivity index (χ1) is 23.8. The molecular formula is C32H38O18. The van der Waals surface area contributed by atoms with Crippen LogP contribution in [0.3, 0.4) is 0 Å². The second-order valence-corrected chi connectivity index (χ2v) is 12.4. The highest BCUT2D eigenvalue weighted by molar-refractivity contribution is 5.88. The summed E-state index contributed by atoms with van der Waals surface area (Å²) < 4.78 is 43.4. The molecule has 3 fully saturated rings. The summed E-state index contributed by atoms with van der Waals surface area (Å²) >= 11 is 0. The van der Waals surface area contributed by atoms with Gasteiger partial charge in [0.25, 0.3) is 0 Å². The number of benzene rings is 2. The highest BCUT2D eigenvalue weighted by Crippen LogP contribution is 2.34. The Morgan fingerprint density at radius 3 is 2.16 bits per heavy atom. The fraction of sp³-hybridized carbons (Fsp3) is 0.531. The van der Waals surface area contributed by atoms with E-state index in [1.807, 2.05) is 0 Å². The maximum Gasteiger partial charge on any atom is 0.229 e. The predicted octanol–water partition coefficient (Wildman–Crippen LogP) is -2.72. The fourth-order valence-electron chi connectivity index (χ4n) is 5.80. The van der Waals surface area contributed by atoms with E-state index in [9.17, 15) is 50.8 Å². The van der Waals surface area contributed by atoms with Crippen LogP contribution in [-0.4, -0.2) is 153 Å². The number of aliphatic hydroxyl groups is 8. The minimum Gasteiger partial charge on any atom is -0.507 e. The lowest BCUT2D eigenvalue weighted by molar-refractivity contribution is -0.289. The first-order valence-electron chi connectivity index (χ1n) is 15.5. The molecule has 6 rings (SSSR count). The molecule has 274 valence electrons. The van der Waals surface area contributed by atoms with E-state index in [1.165, 1.54) is 19.4 Å². The Hall–Kier alpha value is -3.47. The molecule has 18 heteroatoms. The Morgan fingerprint density at radius 1 is 0.840 bits per heavy atom. The third-order valence-corrected chi connectivity index (χ3v) is 8.96. The summed E-state index contributed by atoms with van der Waals surface area (Å²) in [7, 11) is 1.51. The lowest BCUT2D eigenvalue weighted by Crippen LogP contribution is -2.60. The van der Waals surface area contributed by atoms with Gasteiger partial charge in [0.15, 0.2) is 12.6 Å². The summed E-state index contributed by atoms with van der Waals surface area (Å²) in [6, 6.07) is 8.98. The van der Waals surface area contributed by atoms with Gasteiger partial charge in [0, 0.05) is 12.1 Å². The lowest BCUT2D eigenvalue weighted by atomic mass is 9.99. The number of aliphatic hydroxyl groups excluding tert-OH is 6. The maximum atomic E-state index is 13.3. The highest BCUT2D eigenvalue weighted by Gasteiger charge is 2.53. The fourth-order valence-corrected chi connectivity index (χ4v) is 5.80. The van der Waals surface area contributed by atoms with E-state index in [-0.39, 0.29) is 22.3 Å². The van der Waals surface area contributed by atoms with E-state index in [0.29, 0.717) is 11.3 Å². The molecule has 0 spiro atoms. The van der Waals surface area contributed by atoms with Crippen molar-refractivity contribution in [3.05, 3.63) is 52.9 Å². The van der Waals surface area contributed by atoms with Crippen LogP contribution in [0, 0.1) is 0 Å². The topological polar surface area (TPSA) is 277 Å². The van der Waals surface area contributed by atoms with Gasteiger partial charge in [0.1, 0.15) is 82.3 Å². The Kier molecular flexibility index (Phi) is 10.4. The molecule has 0 bridgehead atoms. The van der Waals surface area contributed by atoms with E-state index >= 15 is 0 Å². The predicted molar refractivity (Wildman–Crippen MR) is 164 cm³/mol. The Balaban J connectivity index is 1.09. The number of methoxy groups -OCH3 is 1. The number of hydrogen-bond donors (Lipinski definition) is 9. The van der Waals surface area contributed by atoms with Gasteiger partial charge < -0.3 is 83.5 Å². The van der Waals surface area contributed by atoms with Crippen molar-refractivity contribution in [1.29, 1.82) is 0 Å². The molecule has 1 aromatic heterocycles. The molecule has 9 N–H and O–H groups in total. The van der Waals surface area contributed by atoms with E-state index in [2.05, 4.69) is 0 Å². The SMILES string of the molecule is COc1ccc(-c2coc3cc(O[C@@H]4O[C@H](CO[C@@H]5OC[C@](O)(CO[C@@H]6OC[C@](O)(CO)[C@H]6O)[C@H]5O)[C@@H](O)[C@@H](O)[C@@H]4O)cc(O)c3c2=O)cc1. The van der Waals surface area contributed by atoms with E-state index < -0.39 is 111 Å². The van der Waals surface area contributed by atoms with E-state index in [4.69, 9.17) is 37.6 Å². The third-order valence-electron chi connectivity index (χ3n) is 8.96. The van der Waals surface area contributed by atoms with Gasteiger partial charge in [0.05, 0.1) is 45.7 Å². The van der Waals surface area contributed by atoms with Gasteiger partial charge in [-0.05, 0) is 17.7 Å². The molecular weight excluding hydrogens is 672 g/mol. The number of fused-ring (bicyclic) bond motifs is 1. The molecule has 3 aromatic rings. The number of phenols is 1. The zero-order valence-electron chi connectivity index (χ0n) is 26.5. The number of ether oxygens (including phenoxy) is 7. The molecule has 4 heterocycles. The van der Waals surface area contributed by atoms with Crippen LogP contribution in [0.4, 0.5) is 0 Å². The molecule has 0 aliphatic carbocycles. The molecule has 11 atom stereocenters. The molecule has 3 aliphatic rings. The second-order valence-electron chi connectivity index (χ2n) is 12.4. The Labute approximate surface area is 282 Å². The molecule has 3 saturated heterocycles. The van der Waals surface area contributed by atoms with Crippen molar-refractivity contribution in [2.24, 2.45) is 0 Å². The van der Waals surface area contributed by atoms with Gasteiger partial charge >= 0.3 is 0 Å². The minimum atomic E-state index is -2.07. The summed E-state index contributed by atoms with van der Waals surface area (Å²) in [5.74, 6) is -0.0523. The molecule has 2 aromatic carbocycles. The standard InChI is InChI=1S/C32H38O18/c1-43-15-4-2-14(3-5-15)17-8-44-19-7-16(6-18(34)21(19)22(17)35)49-28-25(38)24(37)23(36)20(50-28)9-45-29-27(40)32(42,12-47-29)13-48-30-26(39)31(41,10-33)11-46-30/h2-8,20,23-30,33-34,36-42H,9-13H2,1H3/t20-,23-,24-,25+,26+,27+,28-,29-,30+,31-,32+/m1/s1. The average Bonchev–Trinajstić information content (AvgIpc) is 3.56. The number of phenolic OH excluding ortho intramolecular Hbond substituents is 1. The zero-order chi connectivity index (χ0) is 36.0. The zero-order valence-corrected chi connectivity index (χ0v) is 26.5. The minimum absolute atomic E-state index is 0.0602. The van der Waals surface area contributed by atoms with Crippen molar-refractivity contribution in [2.75, 3.05) is 40.1 Å². The second kappa shape index (κ2) is 14.3. The summed E-state index contributed by atoms with van der Waals surface area (Å²) in [6.45, 7) is -2.93. The number of hydrogen-bond acceptors (Lipinski definition) is 18. The normalized spacial score (nSPS) is 35.8. The largest absolute Gasteiger partial charge is 0.507 e. The molecule has 0 amide bonds. The summed E-state index contributed by atoms with van der Waals surface area (Å²) in [5.41, 5.74) is -3.92. The van der Waals surface area contributed by atoms with Crippen LogP contribution in [0.5, 0.6) is 17.2 Å². The van der Waals surface area contributed by atoms with Crippen LogP contribution in [0.1, 0.15) is 0 Å². The van der Waals surface area contributed by atoms with Crippen LogP contribution < -0.4 is 14.9 Å². The number of rotatable bonds is 11. The smallest absolute Gasteiger partial charge is 0.229 e. The van der Waals surface area contributed by atoms with Crippen LogP contribution in [0.15, 0.2) is 51.9 Å². The molecule has 0 saturated carbocycles. The van der Waals surface area contributed by atoms with Crippen LogP contribution in [-0.2, 0) is 23.7 Å². The van der Waals surface area contributed by atoms with Gasteiger partial charge in [0.2, 0.25) is 11.7 Å². The van der Waals surface area contributed by atoms with Crippen molar-refractivity contribution >= 4 is 11.0 Å². The van der Waals surface area contributed by atoms with E-state index in [1.54, 1.807) is 24.3 Å². The molecule has 0 unspecified atom stereocenters. The first kappa shape index (κ1) is 36.3. The quantitative estimate of drug-likeness (QED) is 0.0978. The van der Waals surface area contributed by atoms with Crippen molar-refractivity contribution in [3.8, 4) is 28.4 Å². The molecule has 0 radical (unpaired) electrons. The molecule has 3 aliphatic heterocycles. The van der Waals surface area contributed by atoms with Crippen LogP contribution in [0.2, 0.25) is 0 Å². The lowest BCUT2D eigenvalue weighted by Gasteiger charge is -2.40. The summed E-state index contributed by atoms with van der Waals surface area (Å²) in [6.07, 6.45) is -13.4. The summed E-state index contributed by atoms with van der Waals surface area (Å²) in [4.78, 5) is 13.3. The number of aromatic hydroxyl groups is 1. The monoisotopic (exact) mass is 710 g/mol.